The molecule has 1 amide bonds. The summed E-state index contributed by atoms with van der Waals surface area (Å²) < 4.78 is 34.4. The molecular weight excluding hydrogens is 560 g/mol. The number of carbonyl (C=O) groups is 1. The highest BCUT2D eigenvalue weighted by atomic mass is 79.9. The molecule has 0 radical (unpaired) electrons. The van der Waals surface area contributed by atoms with Crippen LogP contribution in [0.25, 0.3) is 0 Å². The Balaban J connectivity index is 1.28. The number of amides is 1. The molecule has 2 N–H and O–H groups in total. The molecule has 0 heterocycles. The molecule has 0 bridgehead atoms. The van der Waals surface area contributed by atoms with Gasteiger partial charge in [-0.3, -0.25) is 9.52 Å². The van der Waals surface area contributed by atoms with Gasteiger partial charge in [0.15, 0.2) is 0 Å². The summed E-state index contributed by atoms with van der Waals surface area (Å²) >= 11 is 5.04. The zero-order valence-electron chi connectivity index (χ0n) is 19.1. The van der Waals surface area contributed by atoms with Crippen molar-refractivity contribution >= 4 is 55.0 Å². The Labute approximate surface area is 223 Å². The molecule has 0 aliphatic rings. The SMILES string of the molecule is O=C(Nc1ccc(S(=O)(=O)Nc2ccc(Br)cc2)cc1)c1ccc(OCCSc2ccccc2)cc1. The Bertz CT molecular complexity index is 1400. The molecule has 0 aliphatic heterocycles. The molecule has 36 heavy (non-hydrogen) atoms. The van der Waals surface area contributed by atoms with Crippen LogP contribution in [0.3, 0.4) is 0 Å². The van der Waals surface area contributed by atoms with Gasteiger partial charge in [0.25, 0.3) is 15.9 Å². The molecule has 0 fully saturated rings. The lowest BCUT2D eigenvalue weighted by Crippen LogP contribution is -2.14. The molecule has 0 saturated carbocycles. The van der Waals surface area contributed by atoms with E-state index < -0.39 is 10.0 Å². The van der Waals surface area contributed by atoms with E-state index in [4.69, 9.17) is 4.74 Å². The molecular formula is C27H23BrN2O4S2. The second-order valence-corrected chi connectivity index (χ2v) is 11.4. The lowest BCUT2D eigenvalue weighted by atomic mass is 10.2. The van der Waals surface area contributed by atoms with E-state index >= 15 is 0 Å². The fourth-order valence-corrected chi connectivity index (χ4v) is 5.27. The van der Waals surface area contributed by atoms with Gasteiger partial charge in [0.1, 0.15) is 5.75 Å². The van der Waals surface area contributed by atoms with Crippen LogP contribution in [-0.2, 0) is 10.0 Å². The third-order valence-electron chi connectivity index (χ3n) is 5.00. The number of carbonyl (C=O) groups excluding carboxylic acids is 1. The number of hydrogen-bond acceptors (Lipinski definition) is 5. The second-order valence-electron chi connectivity index (χ2n) is 7.63. The van der Waals surface area contributed by atoms with E-state index in [0.29, 0.717) is 29.3 Å². The van der Waals surface area contributed by atoms with Crippen LogP contribution in [0.15, 0.2) is 117 Å². The van der Waals surface area contributed by atoms with E-state index in [1.807, 2.05) is 18.2 Å². The molecule has 0 aromatic heterocycles. The van der Waals surface area contributed by atoms with Gasteiger partial charge in [-0.25, -0.2) is 8.42 Å². The first-order valence-electron chi connectivity index (χ1n) is 11.0. The van der Waals surface area contributed by atoms with Gasteiger partial charge >= 0.3 is 0 Å². The van der Waals surface area contributed by atoms with Crippen LogP contribution in [0.2, 0.25) is 0 Å². The molecule has 4 aromatic rings. The van der Waals surface area contributed by atoms with Gasteiger partial charge in [0.05, 0.1) is 11.5 Å². The van der Waals surface area contributed by atoms with Crippen LogP contribution in [0.5, 0.6) is 5.75 Å². The number of sulfonamides is 1. The topological polar surface area (TPSA) is 84.5 Å². The van der Waals surface area contributed by atoms with Gasteiger partial charge in [-0.1, -0.05) is 34.1 Å². The summed E-state index contributed by atoms with van der Waals surface area (Å²) in [4.78, 5) is 13.9. The summed E-state index contributed by atoms with van der Waals surface area (Å²) in [6.07, 6.45) is 0. The number of ether oxygens (including phenoxy) is 1. The van der Waals surface area contributed by atoms with Crippen LogP contribution < -0.4 is 14.8 Å². The standard InChI is InChI=1S/C27H23BrN2O4S2/c28-21-8-10-23(11-9-21)30-36(32,33)26-16-12-22(13-17-26)29-27(31)20-6-14-24(15-7-20)34-18-19-35-25-4-2-1-3-5-25/h1-17,30H,18-19H2,(H,29,31). The fraction of sp³-hybridized carbons (Fsp3) is 0.0741. The Morgan fingerprint density at radius 1 is 0.806 bits per heavy atom. The predicted octanol–water partition coefficient (Wildman–Crippen LogP) is 6.67. The molecule has 0 spiro atoms. The van der Waals surface area contributed by atoms with Crippen molar-refractivity contribution in [2.45, 2.75) is 9.79 Å². The van der Waals surface area contributed by atoms with Crippen LogP contribution >= 0.6 is 27.7 Å². The minimum Gasteiger partial charge on any atom is -0.493 e. The highest BCUT2D eigenvalue weighted by Gasteiger charge is 2.15. The Hall–Kier alpha value is -3.27. The normalized spacial score (nSPS) is 11.0. The number of rotatable bonds is 10. The number of thioether (sulfide) groups is 1. The average molecular weight is 584 g/mol. The number of anilines is 2. The highest BCUT2D eigenvalue weighted by molar-refractivity contribution is 9.10. The monoisotopic (exact) mass is 582 g/mol. The Morgan fingerprint density at radius 2 is 1.44 bits per heavy atom. The highest BCUT2D eigenvalue weighted by Crippen LogP contribution is 2.21. The molecule has 6 nitrogen and oxygen atoms in total. The van der Waals surface area contributed by atoms with Gasteiger partial charge in [-0.2, -0.15) is 0 Å². The van der Waals surface area contributed by atoms with Gasteiger partial charge < -0.3 is 10.1 Å². The lowest BCUT2D eigenvalue weighted by molar-refractivity contribution is 0.102. The molecule has 0 atom stereocenters. The molecule has 9 heteroatoms. The number of hydrogen-bond donors (Lipinski definition) is 2. The Morgan fingerprint density at radius 3 is 2.11 bits per heavy atom. The fourth-order valence-electron chi connectivity index (χ4n) is 3.19. The van der Waals surface area contributed by atoms with E-state index in [9.17, 15) is 13.2 Å². The molecule has 4 aromatic carbocycles. The third-order valence-corrected chi connectivity index (χ3v) is 7.90. The van der Waals surface area contributed by atoms with Crippen molar-refractivity contribution in [3.05, 3.63) is 113 Å². The van der Waals surface area contributed by atoms with Gasteiger partial charge in [0.2, 0.25) is 0 Å². The maximum atomic E-state index is 12.6. The summed E-state index contributed by atoms with van der Waals surface area (Å²) in [7, 11) is -3.75. The predicted molar refractivity (Wildman–Crippen MR) is 148 cm³/mol. The van der Waals surface area contributed by atoms with E-state index in [1.54, 1.807) is 72.4 Å². The van der Waals surface area contributed by atoms with Crippen molar-refractivity contribution in [1.82, 2.24) is 0 Å². The zero-order chi connectivity index (χ0) is 25.4. The maximum absolute atomic E-state index is 12.6. The molecule has 0 saturated heterocycles. The Kier molecular flexibility index (Phi) is 8.69. The summed E-state index contributed by atoms with van der Waals surface area (Å²) in [5.74, 6) is 1.20. The molecule has 4 rings (SSSR count). The van der Waals surface area contributed by atoms with Crippen molar-refractivity contribution in [1.29, 1.82) is 0 Å². The minimum absolute atomic E-state index is 0.0929. The lowest BCUT2D eigenvalue weighted by Gasteiger charge is -2.10. The zero-order valence-corrected chi connectivity index (χ0v) is 22.3. The maximum Gasteiger partial charge on any atom is 0.261 e. The first kappa shape index (κ1) is 25.8. The minimum atomic E-state index is -3.75. The van der Waals surface area contributed by atoms with Gasteiger partial charge in [-0.05, 0) is 84.9 Å². The van der Waals surface area contributed by atoms with Crippen molar-refractivity contribution in [2.75, 3.05) is 22.4 Å². The van der Waals surface area contributed by atoms with Crippen LogP contribution in [-0.4, -0.2) is 26.7 Å². The number of halogens is 1. The van der Waals surface area contributed by atoms with E-state index in [0.717, 1.165) is 10.2 Å². The quantitative estimate of drug-likeness (QED) is 0.161. The van der Waals surface area contributed by atoms with Crippen molar-refractivity contribution in [2.24, 2.45) is 0 Å². The van der Waals surface area contributed by atoms with Crippen LogP contribution in [0.4, 0.5) is 11.4 Å². The molecule has 0 aliphatic carbocycles. The van der Waals surface area contributed by atoms with Crippen LogP contribution in [0, 0.1) is 0 Å². The average Bonchev–Trinajstić information content (AvgIpc) is 2.89. The van der Waals surface area contributed by atoms with E-state index in [1.165, 1.54) is 17.0 Å². The second kappa shape index (κ2) is 12.1. The van der Waals surface area contributed by atoms with Crippen LogP contribution in [0.1, 0.15) is 10.4 Å². The van der Waals surface area contributed by atoms with Gasteiger partial charge in [-0.15, -0.1) is 11.8 Å². The summed E-state index contributed by atoms with van der Waals surface area (Å²) in [5, 5.41) is 2.78. The van der Waals surface area contributed by atoms with Crippen molar-refractivity contribution in [3.8, 4) is 5.75 Å². The molecule has 0 unspecified atom stereocenters. The largest absolute Gasteiger partial charge is 0.493 e. The van der Waals surface area contributed by atoms with Crippen molar-refractivity contribution < 1.29 is 17.9 Å². The molecule has 184 valence electrons. The van der Waals surface area contributed by atoms with E-state index in [2.05, 4.69) is 38.1 Å². The van der Waals surface area contributed by atoms with E-state index in [-0.39, 0.29) is 10.8 Å². The van der Waals surface area contributed by atoms with Crippen molar-refractivity contribution in [3.63, 3.8) is 0 Å². The van der Waals surface area contributed by atoms with Gasteiger partial charge in [0, 0.05) is 32.1 Å². The number of benzene rings is 4. The number of nitrogens with one attached hydrogen (secondary N) is 2. The smallest absolute Gasteiger partial charge is 0.261 e. The summed E-state index contributed by atoms with van der Waals surface area (Å²) in [6.45, 7) is 0.553. The summed E-state index contributed by atoms with van der Waals surface area (Å²) in [6, 6.07) is 29.8. The first-order valence-corrected chi connectivity index (χ1v) is 14.3. The summed E-state index contributed by atoms with van der Waals surface area (Å²) in [5.41, 5.74) is 1.41. The first-order chi connectivity index (χ1) is 17.4. The third kappa shape index (κ3) is 7.36.